The van der Waals surface area contributed by atoms with Crippen LogP contribution in [0.4, 0.5) is 0 Å². The Kier molecular flexibility index (Phi) is 6.90. The molecule has 0 amide bonds. The molecule has 2 bridgehead atoms. The van der Waals surface area contributed by atoms with E-state index in [-0.39, 0.29) is 40.5 Å². The second-order valence-electron chi connectivity index (χ2n) is 12.4. The van der Waals surface area contributed by atoms with Gasteiger partial charge in [0.2, 0.25) is 10.0 Å². The molecular formula is C28H43NO6S. The van der Waals surface area contributed by atoms with Gasteiger partial charge < -0.3 is 20.1 Å². The monoisotopic (exact) mass is 521 g/mol. The molecule has 8 heteroatoms. The van der Waals surface area contributed by atoms with Gasteiger partial charge in [0.15, 0.2) is 23.0 Å². The van der Waals surface area contributed by atoms with Crippen molar-refractivity contribution in [2.45, 2.75) is 116 Å². The predicted molar refractivity (Wildman–Crippen MR) is 139 cm³/mol. The number of phenols is 3. The average Bonchev–Trinajstić information content (AvgIpc) is 3.18. The van der Waals surface area contributed by atoms with Gasteiger partial charge in [0.1, 0.15) is 6.10 Å². The summed E-state index contributed by atoms with van der Waals surface area (Å²) in [7, 11) is -3.57. The maximum atomic E-state index is 14.5. The zero-order chi connectivity index (χ0) is 25.7. The van der Waals surface area contributed by atoms with Crippen molar-refractivity contribution in [2.75, 3.05) is 5.75 Å². The normalized spacial score (nSPS) is 31.2. The van der Waals surface area contributed by atoms with Crippen LogP contribution in [0.5, 0.6) is 23.0 Å². The molecule has 3 atom stereocenters. The van der Waals surface area contributed by atoms with Crippen LogP contribution in [-0.2, 0) is 10.0 Å². The molecule has 5 rings (SSSR count). The molecule has 4 aliphatic carbocycles. The number of aromatic hydroxyl groups is 3. The summed E-state index contributed by atoms with van der Waals surface area (Å²) in [6.45, 7) is 4.37. The summed E-state index contributed by atoms with van der Waals surface area (Å²) in [6, 6.07) is 2.49. The Labute approximate surface area is 215 Å². The smallest absolute Gasteiger partial charge is 0.215 e. The van der Waals surface area contributed by atoms with Gasteiger partial charge in [-0.15, -0.1) is 0 Å². The Morgan fingerprint density at radius 3 is 1.97 bits per heavy atom. The van der Waals surface area contributed by atoms with Crippen LogP contribution in [-0.4, -0.2) is 52.0 Å². The van der Waals surface area contributed by atoms with Crippen molar-refractivity contribution in [2.24, 2.45) is 16.7 Å². The van der Waals surface area contributed by atoms with E-state index in [1.807, 2.05) is 4.31 Å². The summed E-state index contributed by atoms with van der Waals surface area (Å²) in [5, 5.41) is 30.1. The van der Waals surface area contributed by atoms with Gasteiger partial charge in [-0.05, 0) is 56.3 Å². The summed E-state index contributed by atoms with van der Waals surface area (Å²) in [5.41, 5.74) is -0.817. The number of hydrogen-bond acceptors (Lipinski definition) is 6. The third-order valence-corrected chi connectivity index (χ3v) is 12.4. The molecular weight excluding hydrogens is 478 g/mol. The van der Waals surface area contributed by atoms with Gasteiger partial charge in [-0.1, -0.05) is 52.4 Å². The Hall–Kier alpha value is -1.67. The van der Waals surface area contributed by atoms with Crippen LogP contribution in [0.3, 0.4) is 0 Å². The second kappa shape index (κ2) is 9.57. The molecule has 0 radical (unpaired) electrons. The van der Waals surface area contributed by atoms with E-state index in [2.05, 4.69) is 13.8 Å². The lowest BCUT2D eigenvalue weighted by molar-refractivity contribution is 0.0291. The highest BCUT2D eigenvalue weighted by atomic mass is 32.2. The molecule has 4 aliphatic rings. The van der Waals surface area contributed by atoms with Crippen LogP contribution in [0, 0.1) is 16.7 Å². The highest BCUT2D eigenvalue weighted by molar-refractivity contribution is 7.89. The maximum Gasteiger partial charge on any atom is 0.215 e. The lowest BCUT2D eigenvalue weighted by atomic mass is 9.69. The number of phenolic OH excluding ortho intramolecular Hbond substituents is 3. The molecule has 0 aromatic heterocycles. The molecule has 0 heterocycles. The van der Waals surface area contributed by atoms with Crippen LogP contribution >= 0.6 is 0 Å². The highest BCUT2D eigenvalue weighted by Crippen LogP contribution is 2.67. The van der Waals surface area contributed by atoms with E-state index in [1.54, 1.807) is 0 Å². The van der Waals surface area contributed by atoms with Crippen molar-refractivity contribution in [3.63, 3.8) is 0 Å². The summed E-state index contributed by atoms with van der Waals surface area (Å²) < 4.78 is 37.2. The molecule has 3 unspecified atom stereocenters. The fourth-order valence-electron chi connectivity index (χ4n) is 8.12. The minimum absolute atomic E-state index is 0.0615. The van der Waals surface area contributed by atoms with E-state index in [4.69, 9.17) is 4.74 Å². The van der Waals surface area contributed by atoms with Crippen LogP contribution in [0.25, 0.3) is 0 Å². The van der Waals surface area contributed by atoms with Crippen molar-refractivity contribution in [1.82, 2.24) is 4.31 Å². The molecule has 0 aliphatic heterocycles. The van der Waals surface area contributed by atoms with Gasteiger partial charge in [-0.3, -0.25) is 0 Å². The summed E-state index contributed by atoms with van der Waals surface area (Å²) in [6.07, 6.45) is 12.6. The van der Waals surface area contributed by atoms with Crippen LogP contribution in [0.15, 0.2) is 12.1 Å². The van der Waals surface area contributed by atoms with Crippen molar-refractivity contribution in [3.05, 3.63) is 12.1 Å². The minimum atomic E-state index is -3.57. The van der Waals surface area contributed by atoms with Crippen LogP contribution in [0.1, 0.15) is 97.3 Å². The first-order valence-corrected chi connectivity index (χ1v) is 15.6. The predicted octanol–water partition coefficient (Wildman–Crippen LogP) is 5.67. The van der Waals surface area contributed by atoms with Crippen LogP contribution < -0.4 is 4.74 Å². The zero-order valence-corrected chi connectivity index (χ0v) is 22.6. The average molecular weight is 522 g/mol. The highest BCUT2D eigenvalue weighted by Gasteiger charge is 2.67. The first kappa shape index (κ1) is 26.0. The van der Waals surface area contributed by atoms with Gasteiger partial charge in [-0.25, -0.2) is 8.42 Å². The molecule has 36 heavy (non-hydrogen) atoms. The van der Waals surface area contributed by atoms with Gasteiger partial charge in [0.05, 0.1) is 5.75 Å². The fourth-order valence-corrected chi connectivity index (χ4v) is 11.0. The number of rotatable bonds is 7. The molecule has 4 saturated carbocycles. The Morgan fingerprint density at radius 2 is 1.42 bits per heavy atom. The standard InChI is InChI=1S/C28H43NO6S/c1-27(2)19-13-14-28(27,26(15-19)35-25-17-23(31)22(30)16-24(25)32)18-36(33,34)29(20-9-5-3-6-10-20)21-11-7-4-8-12-21/h16-17,19-21,26,30-32H,3-15,18H2,1-2H3. The zero-order valence-electron chi connectivity index (χ0n) is 21.8. The van der Waals surface area contributed by atoms with E-state index in [0.717, 1.165) is 76.7 Å². The van der Waals surface area contributed by atoms with Crippen LogP contribution in [0.2, 0.25) is 0 Å². The van der Waals surface area contributed by atoms with Gasteiger partial charge in [-0.2, -0.15) is 4.31 Å². The molecule has 0 saturated heterocycles. The van der Waals surface area contributed by atoms with E-state index >= 15 is 0 Å². The molecule has 7 nitrogen and oxygen atoms in total. The second-order valence-corrected chi connectivity index (χ2v) is 14.3. The molecule has 1 aromatic carbocycles. The van der Waals surface area contributed by atoms with E-state index in [0.29, 0.717) is 5.92 Å². The van der Waals surface area contributed by atoms with Crippen molar-refractivity contribution in [1.29, 1.82) is 0 Å². The largest absolute Gasteiger partial charge is 0.504 e. The summed E-state index contributed by atoms with van der Waals surface area (Å²) >= 11 is 0. The third kappa shape index (κ3) is 4.36. The molecule has 202 valence electrons. The third-order valence-electron chi connectivity index (χ3n) is 10.3. The minimum Gasteiger partial charge on any atom is -0.504 e. The lowest BCUT2D eigenvalue weighted by Crippen LogP contribution is -2.55. The summed E-state index contributed by atoms with van der Waals surface area (Å²) in [4.78, 5) is 0. The SMILES string of the molecule is CC1(C)C2CCC1(CS(=O)(=O)N(C1CCCCC1)C1CCCCC1)C(Oc1cc(O)c(O)cc1O)C2. The topological polar surface area (TPSA) is 107 Å². The Balaban J connectivity index is 1.48. The summed E-state index contributed by atoms with van der Waals surface area (Å²) in [5.74, 6) is -0.551. The molecule has 1 aromatic rings. The number of sulfonamides is 1. The first-order valence-electron chi connectivity index (χ1n) is 14.0. The van der Waals surface area contributed by atoms with Crippen molar-refractivity contribution >= 4 is 10.0 Å². The van der Waals surface area contributed by atoms with Crippen molar-refractivity contribution < 1.29 is 28.5 Å². The van der Waals surface area contributed by atoms with E-state index in [1.165, 1.54) is 18.9 Å². The number of ether oxygens (including phenoxy) is 1. The molecule has 4 fully saturated rings. The van der Waals surface area contributed by atoms with E-state index in [9.17, 15) is 23.7 Å². The van der Waals surface area contributed by atoms with E-state index < -0.39 is 27.3 Å². The number of nitrogens with zero attached hydrogens (tertiary/aromatic N) is 1. The quantitative estimate of drug-likeness (QED) is 0.315. The number of benzene rings is 1. The maximum absolute atomic E-state index is 14.5. The molecule has 0 spiro atoms. The van der Waals surface area contributed by atoms with Gasteiger partial charge in [0.25, 0.3) is 0 Å². The van der Waals surface area contributed by atoms with Gasteiger partial charge in [0, 0.05) is 29.6 Å². The number of fused-ring (bicyclic) bond motifs is 2. The van der Waals surface area contributed by atoms with Gasteiger partial charge >= 0.3 is 0 Å². The molecule has 3 N–H and O–H groups in total. The fraction of sp³-hybridized carbons (Fsp3) is 0.786. The Morgan fingerprint density at radius 1 is 0.861 bits per heavy atom. The lowest BCUT2D eigenvalue weighted by Gasteiger charge is -2.46. The Bertz CT molecular complexity index is 1040. The first-order chi connectivity index (χ1) is 17.0. The van der Waals surface area contributed by atoms with Crippen molar-refractivity contribution in [3.8, 4) is 23.0 Å². The number of hydrogen-bond donors (Lipinski definition) is 3.